The van der Waals surface area contributed by atoms with E-state index in [-0.39, 0.29) is 11.9 Å². The first kappa shape index (κ1) is 25.9. The predicted molar refractivity (Wildman–Crippen MR) is 148 cm³/mol. The van der Waals surface area contributed by atoms with Gasteiger partial charge < -0.3 is 14.4 Å². The van der Waals surface area contributed by atoms with Crippen molar-refractivity contribution in [3.8, 4) is 5.69 Å². The lowest BCUT2D eigenvalue weighted by molar-refractivity contribution is 0.0754. The summed E-state index contributed by atoms with van der Waals surface area (Å²) in [5, 5.41) is 1.18. The summed E-state index contributed by atoms with van der Waals surface area (Å²) in [6.07, 6.45) is 16.6. The smallest absolute Gasteiger partial charge is 0.256 e. The van der Waals surface area contributed by atoms with Crippen LogP contribution in [0.3, 0.4) is 0 Å². The topological polar surface area (TPSA) is 41.4 Å². The highest BCUT2D eigenvalue weighted by Crippen LogP contribution is 2.36. The van der Waals surface area contributed by atoms with Gasteiger partial charge in [0.05, 0.1) is 23.0 Å². The number of aromatic nitrogens is 2. The van der Waals surface area contributed by atoms with Gasteiger partial charge in [-0.1, -0.05) is 32.1 Å². The number of hydrogen-bond donors (Lipinski definition) is 0. The van der Waals surface area contributed by atoms with Gasteiger partial charge >= 0.3 is 0 Å². The van der Waals surface area contributed by atoms with Crippen LogP contribution in [-0.2, 0) is 0 Å². The molecule has 37 heavy (non-hydrogen) atoms. The second-order valence-electron chi connectivity index (χ2n) is 11.4. The molecule has 2 aromatic heterocycles. The van der Waals surface area contributed by atoms with Crippen LogP contribution in [0.5, 0.6) is 0 Å². The summed E-state index contributed by atoms with van der Waals surface area (Å²) < 4.78 is 16.4. The van der Waals surface area contributed by atoms with Crippen molar-refractivity contribution in [2.45, 2.75) is 77.2 Å². The summed E-state index contributed by atoms with van der Waals surface area (Å²) in [5.41, 5.74) is 3.35. The van der Waals surface area contributed by atoms with E-state index < -0.39 is 5.82 Å². The minimum atomic E-state index is -0.403. The Labute approximate surface area is 220 Å². The highest BCUT2D eigenvalue weighted by atomic mass is 19.1. The Bertz CT molecular complexity index is 1220. The predicted octanol–water partition coefficient (Wildman–Crippen LogP) is 6.79. The normalized spacial score (nSPS) is 18.1. The van der Waals surface area contributed by atoms with E-state index in [0.29, 0.717) is 17.2 Å². The molecule has 0 bridgehead atoms. The van der Waals surface area contributed by atoms with Crippen LogP contribution in [0.2, 0.25) is 0 Å². The number of likely N-dealkylation sites (tertiary alicyclic amines) is 1. The molecule has 1 aliphatic carbocycles. The minimum Gasteiger partial charge on any atom is -0.339 e. The van der Waals surface area contributed by atoms with Crippen molar-refractivity contribution >= 4 is 16.8 Å². The number of piperidine rings is 1. The number of benzene rings is 1. The number of nitrogens with zero attached hydrogens (tertiary/aromatic N) is 4. The summed E-state index contributed by atoms with van der Waals surface area (Å²) in [7, 11) is 1.77. The van der Waals surface area contributed by atoms with Crippen molar-refractivity contribution in [1.82, 2.24) is 19.4 Å². The average molecular weight is 505 g/mol. The van der Waals surface area contributed by atoms with E-state index in [0.717, 1.165) is 37.4 Å². The summed E-state index contributed by atoms with van der Waals surface area (Å²) in [5.74, 6) is 0.817. The molecule has 2 fully saturated rings. The monoisotopic (exact) mass is 504 g/mol. The fourth-order valence-electron chi connectivity index (χ4n) is 6.25. The number of halogens is 1. The summed E-state index contributed by atoms with van der Waals surface area (Å²) in [4.78, 5) is 22.0. The van der Waals surface area contributed by atoms with Crippen LogP contribution >= 0.6 is 0 Å². The third-order valence-electron chi connectivity index (χ3n) is 8.79. The van der Waals surface area contributed by atoms with Crippen molar-refractivity contribution in [3.63, 3.8) is 0 Å². The lowest BCUT2D eigenvalue weighted by Gasteiger charge is -2.33. The Kier molecular flexibility index (Phi) is 7.94. The second kappa shape index (κ2) is 11.3. The highest BCUT2D eigenvalue weighted by Gasteiger charge is 2.26. The fourth-order valence-corrected chi connectivity index (χ4v) is 6.25. The van der Waals surface area contributed by atoms with E-state index in [4.69, 9.17) is 0 Å². The van der Waals surface area contributed by atoms with Gasteiger partial charge in [0.25, 0.3) is 5.91 Å². The van der Waals surface area contributed by atoms with Gasteiger partial charge in [0, 0.05) is 30.9 Å². The highest BCUT2D eigenvalue weighted by molar-refractivity contribution is 5.99. The van der Waals surface area contributed by atoms with E-state index in [2.05, 4.69) is 22.1 Å². The van der Waals surface area contributed by atoms with Crippen molar-refractivity contribution in [2.24, 2.45) is 5.92 Å². The number of pyridine rings is 1. The maximum absolute atomic E-state index is 14.3. The minimum absolute atomic E-state index is 0.0190. The van der Waals surface area contributed by atoms with Crippen LogP contribution in [-0.4, -0.2) is 58.0 Å². The molecule has 1 amide bonds. The SMILES string of the molecule is CC(C)N(C)C(=O)c1cc(F)ccc1-n1cc(C2CCN(CCC3CCCCC3)CC2)c2ccncc21. The molecule has 0 radical (unpaired) electrons. The molecule has 5 rings (SSSR count). The summed E-state index contributed by atoms with van der Waals surface area (Å²) >= 11 is 0. The van der Waals surface area contributed by atoms with Crippen molar-refractivity contribution in [3.05, 3.63) is 59.8 Å². The summed E-state index contributed by atoms with van der Waals surface area (Å²) in [6.45, 7) is 7.42. The van der Waals surface area contributed by atoms with E-state index in [1.54, 1.807) is 18.0 Å². The quantitative estimate of drug-likeness (QED) is 0.356. The first-order valence-electron chi connectivity index (χ1n) is 14.2. The van der Waals surface area contributed by atoms with E-state index in [1.807, 2.05) is 30.8 Å². The molecular formula is C31H41FN4O. The van der Waals surface area contributed by atoms with Gasteiger partial charge in [-0.05, 0) is 94.4 Å². The third-order valence-corrected chi connectivity index (χ3v) is 8.79. The maximum atomic E-state index is 14.3. The zero-order valence-corrected chi connectivity index (χ0v) is 22.6. The molecule has 198 valence electrons. The van der Waals surface area contributed by atoms with E-state index >= 15 is 0 Å². The zero-order chi connectivity index (χ0) is 25.9. The largest absolute Gasteiger partial charge is 0.339 e. The molecule has 1 aromatic carbocycles. The molecule has 3 aromatic rings. The molecule has 3 heterocycles. The molecular weight excluding hydrogens is 463 g/mol. The third kappa shape index (κ3) is 5.59. The Morgan fingerprint density at radius 2 is 1.86 bits per heavy atom. The standard InChI is InChI=1S/C31H41FN4O/c1-22(2)34(3)31(37)27-19-25(32)9-10-29(27)36-21-28(26-11-15-33-20-30(26)36)24-13-17-35(18-14-24)16-12-23-7-5-4-6-8-23/h9-11,15,19-24H,4-8,12-14,16-18H2,1-3H3. The van der Waals surface area contributed by atoms with Gasteiger partial charge in [0.1, 0.15) is 5.82 Å². The van der Waals surface area contributed by atoms with E-state index in [9.17, 15) is 9.18 Å². The average Bonchev–Trinajstić information content (AvgIpc) is 3.31. The first-order valence-corrected chi connectivity index (χ1v) is 14.2. The summed E-state index contributed by atoms with van der Waals surface area (Å²) in [6, 6.07) is 6.63. The fraction of sp³-hybridized carbons (Fsp3) is 0.548. The molecule has 1 saturated carbocycles. The van der Waals surface area contributed by atoms with Crippen LogP contribution in [0.1, 0.15) is 87.1 Å². The van der Waals surface area contributed by atoms with Crippen molar-refractivity contribution in [1.29, 1.82) is 0 Å². The Morgan fingerprint density at radius 3 is 2.59 bits per heavy atom. The first-order chi connectivity index (χ1) is 17.9. The molecule has 1 saturated heterocycles. The van der Waals surface area contributed by atoms with Crippen LogP contribution in [0.4, 0.5) is 4.39 Å². The molecule has 6 heteroatoms. The van der Waals surface area contributed by atoms with Crippen molar-refractivity contribution in [2.75, 3.05) is 26.7 Å². The lowest BCUT2D eigenvalue weighted by Crippen LogP contribution is -2.34. The lowest BCUT2D eigenvalue weighted by atomic mass is 9.86. The van der Waals surface area contributed by atoms with Crippen LogP contribution < -0.4 is 0 Å². The molecule has 0 unspecified atom stereocenters. The van der Waals surface area contributed by atoms with Crippen LogP contribution in [0, 0.1) is 11.7 Å². The molecule has 0 spiro atoms. The van der Waals surface area contributed by atoms with E-state index in [1.165, 1.54) is 68.2 Å². The number of carbonyl (C=O) groups excluding carboxylic acids is 1. The number of rotatable bonds is 7. The van der Waals surface area contributed by atoms with Gasteiger partial charge in [0.15, 0.2) is 0 Å². The number of amides is 1. The van der Waals surface area contributed by atoms with Gasteiger partial charge in [0.2, 0.25) is 0 Å². The Hall–Kier alpha value is -2.73. The molecule has 1 aliphatic heterocycles. The molecule has 0 N–H and O–H groups in total. The van der Waals surface area contributed by atoms with Crippen LogP contribution in [0.15, 0.2) is 42.9 Å². The van der Waals surface area contributed by atoms with Gasteiger partial charge in [-0.15, -0.1) is 0 Å². The molecule has 0 atom stereocenters. The maximum Gasteiger partial charge on any atom is 0.256 e. The molecule has 2 aliphatic rings. The Balaban J connectivity index is 1.39. The van der Waals surface area contributed by atoms with Gasteiger partial charge in [-0.2, -0.15) is 0 Å². The number of fused-ring (bicyclic) bond motifs is 1. The van der Waals surface area contributed by atoms with Gasteiger partial charge in [-0.3, -0.25) is 9.78 Å². The Morgan fingerprint density at radius 1 is 1.11 bits per heavy atom. The number of hydrogen-bond acceptors (Lipinski definition) is 3. The van der Waals surface area contributed by atoms with Gasteiger partial charge in [-0.25, -0.2) is 4.39 Å². The molecule has 5 nitrogen and oxygen atoms in total. The van der Waals surface area contributed by atoms with Crippen molar-refractivity contribution < 1.29 is 9.18 Å². The zero-order valence-electron chi connectivity index (χ0n) is 22.6. The van der Waals surface area contributed by atoms with Crippen LogP contribution in [0.25, 0.3) is 16.6 Å². The number of carbonyl (C=O) groups is 1. The second-order valence-corrected chi connectivity index (χ2v) is 11.4.